The lowest BCUT2D eigenvalue weighted by atomic mass is 9.95. The first kappa shape index (κ1) is 13.7. The summed E-state index contributed by atoms with van der Waals surface area (Å²) in [6, 6.07) is 3.95. The molecule has 110 valence electrons. The lowest BCUT2D eigenvalue weighted by molar-refractivity contribution is 0.494. The molecule has 6 heteroatoms. The number of rotatable bonds is 2. The average Bonchev–Trinajstić information content (AvgIpc) is 2.46. The molecule has 6 nitrogen and oxygen atoms in total. The smallest absolute Gasteiger partial charge is 0.225 e. The molecule has 2 N–H and O–H groups in total. The number of piperidine rings is 1. The van der Waals surface area contributed by atoms with E-state index in [1.54, 1.807) is 6.20 Å². The predicted octanol–water partition coefficient (Wildman–Crippen LogP) is 1.85. The Kier molecular flexibility index (Phi) is 3.68. The molecule has 0 aromatic carbocycles. The highest BCUT2D eigenvalue weighted by atomic mass is 15.3. The Morgan fingerprint density at radius 3 is 2.67 bits per heavy atom. The van der Waals surface area contributed by atoms with Crippen LogP contribution in [0.5, 0.6) is 0 Å². The summed E-state index contributed by atoms with van der Waals surface area (Å²) in [5, 5.41) is 0. The van der Waals surface area contributed by atoms with Crippen LogP contribution >= 0.6 is 0 Å². The van der Waals surface area contributed by atoms with Crippen molar-refractivity contribution in [3.05, 3.63) is 35.4 Å². The number of hydrogen-bond donors (Lipinski definition) is 1. The molecule has 1 unspecified atom stereocenters. The standard InChI is InChI=1S/C15H20N6/c1-10-8-11(2)19-15(18-10)21-7-3-4-12(9-21)13-5-6-17-14(16)20-13/h5-6,8,12H,3-4,7,9H2,1-2H3,(H2,16,17,20). The van der Waals surface area contributed by atoms with Gasteiger partial charge in [-0.1, -0.05) is 0 Å². The molecule has 0 saturated carbocycles. The minimum atomic E-state index is 0.340. The van der Waals surface area contributed by atoms with Gasteiger partial charge in [0.2, 0.25) is 11.9 Å². The molecule has 3 rings (SSSR count). The zero-order valence-corrected chi connectivity index (χ0v) is 12.5. The van der Waals surface area contributed by atoms with Gasteiger partial charge in [0.05, 0.1) is 5.69 Å². The number of aromatic nitrogens is 4. The van der Waals surface area contributed by atoms with Gasteiger partial charge in [-0.05, 0) is 38.8 Å². The van der Waals surface area contributed by atoms with Crippen molar-refractivity contribution in [1.29, 1.82) is 0 Å². The Morgan fingerprint density at radius 2 is 1.95 bits per heavy atom. The molecule has 1 saturated heterocycles. The monoisotopic (exact) mass is 284 g/mol. The molecule has 1 aliphatic rings. The van der Waals surface area contributed by atoms with Crippen molar-refractivity contribution in [3.8, 4) is 0 Å². The van der Waals surface area contributed by atoms with Gasteiger partial charge in [0.25, 0.3) is 0 Å². The summed E-state index contributed by atoms with van der Waals surface area (Å²) in [5.41, 5.74) is 8.71. The second kappa shape index (κ2) is 5.63. The number of anilines is 2. The SMILES string of the molecule is Cc1cc(C)nc(N2CCCC(c3ccnc(N)n3)C2)n1. The van der Waals surface area contributed by atoms with Gasteiger partial charge in [0.15, 0.2) is 0 Å². The van der Waals surface area contributed by atoms with Gasteiger partial charge in [0, 0.05) is 36.6 Å². The summed E-state index contributed by atoms with van der Waals surface area (Å²) < 4.78 is 0. The molecular weight excluding hydrogens is 264 g/mol. The van der Waals surface area contributed by atoms with Crippen LogP contribution in [0.1, 0.15) is 35.8 Å². The van der Waals surface area contributed by atoms with E-state index < -0.39 is 0 Å². The van der Waals surface area contributed by atoms with E-state index in [1.165, 1.54) is 0 Å². The predicted molar refractivity (Wildman–Crippen MR) is 82.1 cm³/mol. The van der Waals surface area contributed by atoms with Crippen LogP contribution in [0.3, 0.4) is 0 Å². The molecule has 1 fully saturated rings. The van der Waals surface area contributed by atoms with Gasteiger partial charge in [-0.15, -0.1) is 0 Å². The largest absolute Gasteiger partial charge is 0.368 e. The Balaban J connectivity index is 1.82. The van der Waals surface area contributed by atoms with Crippen molar-refractivity contribution in [2.24, 2.45) is 0 Å². The molecule has 2 aromatic rings. The molecule has 0 bridgehead atoms. The van der Waals surface area contributed by atoms with Crippen molar-refractivity contribution >= 4 is 11.9 Å². The van der Waals surface area contributed by atoms with Crippen LogP contribution in [0.2, 0.25) is 0 Å². The van der Waals surface area contributed by atoms with Crippen molar-refractivity contribution in [3.63, 3.8) is 0 Å². The first-order chi connectivity index (χ1) is 10.1. The van der Waals surface area contributed by atoms with Crippen LogP contribution in [0.25, 0.3) is 0 Å². The fourth-order valence-electron chi connectivity index (χ4n) is 2.86. The van der Waals surface area contributed by atoms with Crippen molar-refractivity contribution < 1.29 is 0 Å². The second-order valence-corrected chi connectivity index (χ2v) is 5.58. The maximum absolute atomic E-state index is 5.69. The molecule has 0 radical (unpaired) electrons. The Labute approximate surface area is 124 Å². The minimum Gasteiger partial charge on any atom is -0.368 e. The Hall–Kier alpha value is -2.24. The molecule has 0 spiro atoms. The van der Waals surface area contributed by atoms with Gasteiger partial charge >= 0.3 is 0 Å². The molecule has 0 aliphatic carbocycles. The van der Waals surface area contributed by atoms with E-state index in [0.717, 1.165) is 49.0 Å². The third kappa shape index (κ3) is 3.09. The molecule has 3 heterocycles. The number of nitrogen functional groups attached to an aromatic ring is 1. The van der Waals surface area contributed by atoms with Crippen LogP contribution in [0, 0.1) is 13.8 Å². The van der Waals surface area contributed by atoms with Crippen LogP contribution in [-0.2, 0) is 0 Å². The lowest BCUT2D eigenvalue weighted by Gasteiger charge is -2.32. The maximum atomic E-state index is 5.69. The molecular formula is C15H20N6. The Morgan fingerprint density at radius 1 is 1.19 bits per heavy atom. The normalized spacial score (nSPS) is 18.8. The number of hydrogen-bond acceptors (Lipinski definition) is 6. The zero-order chi connectivity index (χ0) is 14.8. The van der Waals surface area contributed by atoms with E-state index >= 15 is 0 Å². The first-order valence-electron chi connectivity index (χ1n) is 7.27. The van der Waals surface area contributed by atoms with Gasteiger partial charge < -0.3 is 10.6 Å². The molecule has 0 amide bonds. The maximum Gasteiger partial charge on any atom is 0.225 e. The fourth-order valence-corrected chi connectivity index (χ4v) is 2.86. The molecule has 21 heavy (non-hydrogen) atoms. The van der Waals surface area contributed by atoms with Crippen LogP contribution in [-0.4, -0.2) is 33.0 Å². The average molecular weight is 284 g/mol. The Bertz CT molecular complexity index is 622. The van der Waals surface area contributed by atoms with Gasteiger partial charge in [-0.3, -0.25) is 0 Å². The van der Waals surface area contributed by atoms with E-state index in [1.807, 2.05) is 26.0 Å². The fraction of sp³-hybridized carbons (Fsp3) is 0.467. The molecule has 2 aromatic heterocycles. The van der Waals surface area contributed by atoms with E-state index in [-0.39, 0.29) is 0 Å². The van der Waals surface area contributed by atoms with E-state index in [4.69, 9.17) is 5.73 Å². The topological polar surface area (TPSA) is 80.8 Å². The van der Waals surface area contributed by atoms with E-state index in [0.29, 0.717) is 11.9 Å². The highest BCUT2D eigenvalue weighted by molar-refractivity contribution is 5.34. The summed E-state index contributed by atoms with van der Waals surface area (Å²) in [7, 11) is 0. The van der Waals surface area contributed by atoms with E-state index in [2.05, 4.69) is 24.8 Å². The van der Waals surface area contributed by atoms with Crippen LogP contribution < -0.4 is 10.6 Å². The van der Waals surface area contributed by atoms with Gasteiger partial charge in [-0.25, -0.2) is 19.9 Å². The minimum absolute atomic E-state index is 0.340. The highest BCUT2D eigenvalue weighted by Gasteiger charge is 2.24. The van der Waals surface area contributed by atoms with Crippen molar-refractivity contribution in [2.75, 3.05) is 23.7 Å². The third-order valence-corrected chi connectivity index (χ3v) is 3.79. The summed E-state index contributed by atoms with van der Waals surface area (Å²) >= 11 is 0. The molecule has 1 atom stereocenters. The zero-order valence-electron chi connectivity index (χ0n) is 12.5. The van der Waals surface area contributed by atoms with Crippen molar-refractivity contribution in [1.82, 2.24) is 19.9 Å². The van der Waals surface area contributed by atoms with Crippen molar-refractivity contribution in [2.45, 2.75) is 32.6 Å². The quantitative estimate of drug-likeness (QED) is 0.906. The summed E-state index contributed by atoms with van der Waals surface area (Å²) in [5.74, 6) is 1.51. The number of aryl methyl sites for hydroxylation is 2. The lowest BCUT2D eigenvalue weighted by Crippen LogP contribution is -2.36. The van der Waals surface area contributed by atoms with Gasteiger partial charge in [0.1, 0.15) is 0 Å². The molecule has 1 aliphatic heterocycles. The van der Waals surface area contributed by atoms with Crippen LogP contribution in [0.4, 0.5) is 11.9 Å². The third-order valence-electron chi connectivity index (χ3n) is 3.79. The second-order valence-electron chi connectivity index (χ2n) is 5.58. The van der Waals surface area contributed by atoms with Crippen LogP contribution in [0.15, 0.2) is 18.3 Å². The van der Waals surface area contributed by atoms with E-state index in [9.17, 15) is 0 Å². The highest BCUT2D eigenvalue weighted by Crippen LogP contribution is 2.27. The number of nitrogens with zero attached hydrogens (tertiary/aromatic N) is 5. The first-order valence-corrected chi connectivity index (χ1v) is 7.27. The van der Waals surface area contributed by atoms with Gasteiger partial charge in [-0.2, -0.15) is 0 Å². The summed E-state index contributed by atoms with van der Waals surface area (Å²) in [4.78, 5) is 19.7. The summed E-state index contributed by atoms with van der Waals surface area (Å²) in [6.45, 7) is 5.87. The number of nitrogens with two attached hydrogens (primary N) is 1. The summed E-state index contributed by atoms with van der Waals surface area (Å²) in [6.07, 6.45) is 3.94.